The zero-order valence-corrected chi connectivity index (χ0v) is 18.1. The molecular weight excluding hydrogens is 404 g/mol. The van der Waals surface area contributed by atoms with Gasteiger partial charge in [-0.2, -0.15) is 5.10 Å². The van der Waals surface area contributed by atoms with Gasteiger partial charge < -0.3 is 10.1 Å². The van der Waals surface area contributed by atoms with Crippen molar-refractivity contribution in [2.24, 2.45) is 0 Å². The fraction of sp³-hybridized carbons (Fsp3) is 0.333. The second kappa shape index (κ2) is 9.08. The average Bonchev–Trinajstić information content (AvgIpc) is 3.25. The van der Waals surface area contributed by atoms with Crippen LogP contribution >= 0.6 is 11.3 Å². The van der Waals surface area contributed by atoms with Gasteiger partial charge in [-0.15, -0.1) is 11.3 Å². The number of esters is 1. The number of rotatable bonds is 6. The molecule has 0 bridgehead atoms. The molecule has 0 unspecified atom stereocenters. The zero-order valence-electron chi connectivity index (χ0n) is 17.3. The molecule has 2 aromatic heterocycles. The van der Waals surface area contributed by atoms with Gasteiger partial charge in [-0.05, 0) is 39.3 Å². The molecule has 3 aromatic rings. The summed E-state index contributed by atoms with van der Waals surface area (Å²) in [6.45, 7) is 8.05. The fourth-order valence-electron chi connectivity index (χ4n) is 2.88. The number of hydrogen-bond acceptors (Lipinski definition) is 6. The molecule has 0 saturated heterocycles. The van der Waals surface area contributed by atoms with Crippen molar-refractivity contribution in [3.63, 3.8) is 0 Å². The third-order valence-corrected chi connectivity index (χ3v) is 5.62. The minimum Gasteiger partial charge on any atom is -0.448 e. The van der Waals surface area contributed by atoms with E-state index in [1.54, 1.807) is 13.0 Å². The fourth-order valence-corrected chi connectivity index (χ4v) is 3.92. The maximum Gasteiger partial charge on any atom is 0.349 e. The minimum atomic E-state index is -1.10. The zero-order chi connectivity index (χ0) is 21.8. The highest BCUT2D eigenvalue weighted by Gasteiger charge is 2.23. The molecular formula is C21H24N4O4S. The van der Waals surface area contributed by atoms with E-state index in [0.717, 1.165) is 21.5 Å². The molecule has 0 spiro atoms. The molecule has 1 atom stereocenters. The van der Waals surface area contributed by atoms with Crippen LogP contribution in [0.1, 0.15) is 40.3 Å². The van der Waals surface area contributed by atoms with E-state index in [-0.39, 0.29) is 0 Å². The first-order chi connectivity index (χ1) is 14.3. The first-order valence-electron chi connectivity index (χ1n) is 9.60. The van der Waals surface area contributed by atoms with Crippen LogP contribution in [0.15, 0.2) is 30.3 Å². The van der Waals surface area contributed by atoms with Gasteiger partial charge in [0.05, 0.1) is 12.2 Å². The van der Waals surface area contributed by atoms with Gasteiger partial charge in [0.1, 0.15) is 9.71 Å². The van der Waals surface area contributed by atoms with Crippen LogP contribution in [-0.2, 0) is 16.1 Å². The number of benzene rings is 1. The van der Waals surface area contributed by atoms with Crippen LogP contribution in [0.4, 0.5) is 4.79 Å². The lowest BCUT2D eigenvalue weighted by atomic mass is 10.1. The monoisotopic (exact) mass is 428 g/mol. The number of fused-ring (bicyclic) bond motifs is 1. The number of aromatic nitrogens is 2. The standard InChI is InChI=1S/C21H24N4O4S/c1-5-22-21(28)23-18(26)14(4)29-20(27)17-10-16-13(3)24-25(19(16)30-17)11-15-8-6-12(2)7-9-15/h6-10,14H,5,11H2,1-4H3,(H2,22,23,26,28)/t14-/m1/s1. The summed E-state index contributed by atoms with van der Waals surface area (Å²) in [5.74, 6) is -1.30. The summed E-state index contributed by atoms with van der Waals surface area (Å²) < 4.78 is 7.10. The molecule has 0 saturated carbocycles. The van der Waals surface area contributed by atoms with Crippen LogP contribution in [0.2, 0.25) is 0 Å². The number of carbonyl (C=O) groups excluding carboxylic acids is 3. The normalized spacial score (nSPS) is 11.9. The molecule has 0 aliphatic heterocycles. The smallest absolute Gasteiger partial charge is 0.349 e. The molecule has 2 heterocycles. The summed E-state index contributed by atoms with van der Waals surface area (Å²) >= 11 is 1.27. The highest BCUT2D eigenvalue weighted by molar-refractivity contribution is 7.20. The number of aryl methyl sites for hydroxylation is 2. The Bertz CT molecular complexity index is 1080. The second-order valence-electron chi connectivity index (χ2n) is 6.95. The van der Waals surface area contributed by atoms with E-state index < -0.39 is 24.0 Å². The van der Waals surface area contributed by atoms with Crippen LogP contribution in [-0.4, -0.2) is 40.3 Å². The Kier molecular flexibility index (Phi) is 6.51. The van der Waals surface area contributed by atoms with Crippen LogP contribution in [0.3, 0.4) is 0 Å². The number of ether oxygens (including phenoxy) is 1. The van der Waals surface area contributed by atoms with E-state index in [4.69, 9.17) is 4.74 Å². The Morgan fingerprint density at radius 2 is 1.90 bits per heavy atom. The van der Waals surface area contributed by atoms with Gasteiger partial charge in [0, 0.05) is 11.9 Å². The Balaban J connectivity index is 1.73. The van der Waals surface area contributed by atoms with Gasteiger partial charge in [0.15, 0.2) is 6.10 Å². The maximum atomic E-state index is 12.5. The number of amides is 3. The molecule has 2 N–H and O–H groups in total. The van der Waals surface area contributed by atoms with E-state index in [1.165, 1.54) is 23.8 Å². The number of nitrogens with one attached hydrogen (secondary N) is 2. The quantitative estimate of drug-likeness (QED) is 0.587. The first-order valence-corrected chi connectivity index (χ1v) is 10.4. The molecule has 30 heavy (non-hydrogen) atoms. The first kappa shape index (κ1) is 21.5. The van der Waals surface area contributed by atoms with Crippen molar-refractivity contribution in [3.05, 3.63) is 52.0 Å². The summed E-state index contributed by atoms with van der Waals surface area (Å²) in [7, 11) is 0. The van der Waals surface area contributed by atoms with Crippen LogP contribution < -0.4 is 10.6 Å². The van der Waals surface area contributed by atoms with Gasteiger partial charge in [-0.3, -0.25) is 14.8 Å². The molecule has 8 nitrogen and oxygen atoms in total. The van der Waals surface area contributed by atoms with Gasteiger partial charge >= 0.3 is 12.0 Å². The molecule has 0 aliphatic rings. The number of urea groups is 1. The van der Waals surface area contributed by atoms with Crippen molar-refractivity contribution in [2.75, 3.05) is 6.54 Å². The Labute approximate surface area is 178 Å². The summed E-state index contributed by atoms with van der Waals surface area (Å²) in [6, 6.07) is 9.30. The summed E-state index contributed by atoms with van der Waals surface area (Å²) in [5, 5.41) is 10.0. The number of imide groups is 1. The van der Waals surface area contributed by atoms with Crippen molar-refractivity contribution < 1.29 is 19.1 Å². The van der Waals surface area contributed by atoms with Gasteiger partial charge in [-0.25, -0.2) is 9.59 Å². The van der Waals surface area contributed by atoms with Crippen molar-refractivity contribution >= 4 is 39.5 Å². The Morgan fingerprint density at radius 3 is 2.57 bits per heavy atom. The number of nitrogens with zero attached hydrogens (tertiary/aromatic N) is 2. The molecule has 9 heteroatoms. The lowest BCUT2D eigenvalue weighted by Gasteiger charge is -2.12. The van der Waals surface area contributed by atoms with E-state index in [0.29, 0.717) is 18.0 Å². The molecule has 3 rings (SSSR count). The number of hydrogen-bond donors (Lipinski definition) is 2. The van der Waals surface area contributed by atoms with E-state index in [9.17, 15) is 14.4 Å². The predicted molar refractivity (Wildman–Crippen MR) is 115 cm³/mol. The molecule has 0 fully saturated rings. The molecule has 3 amide bonds. The van der Waals surface area contributed by atoms with E-state index >= 15 is 0 Å². The topological polar surface area (TPSA) is 102 Å². The third kappa shape index (κ3) is 4.85. The highest BCUT2D eigenvalue weighted by atomic mass is 32.1. The molecule has 0 radical (unpaired) electrons. The van der Waals surface area contributed by atoms with Gasteiger partial charge in [-0.1, -0.05) is 29.8 Å². The van der Waals surface area contributed by atoms with Crippen molar-refractivity contribution in [3.8, 4) is 0 Å². The predicted octanol–water partition coefficient (Wildman–Crippen LogP) is 3.15. The van der Waals surface area contributed by atoms with Crippen LogP contribution in [0, 0.1) is 13.8 Å². The Hall–Kier alpha value is -3.20. The average molecular weight is 429 g/mol. The van der Waals surface area contributed by atoms with Crippen molar-refractivity contribution in [1.29, 1.82) is 0 Å². The molecule has 1 aromatic carbocycles. The lowest BCUT2D eigenvalue weighted by Crippen LogP contribution is -2.44. The molecule has 0 aliphatic carbocycles. The van der Waals surface area contributed by atoms with Crippen LogP contribution in [0.25, 0.3) is 10.2 Å². The maximum absolute atomic E-state index is 12.5. The second-order valence-corrected chi connectivity index (χ2v) is 7.99. The summed E-state index contributed by atoms with van der Waals surface area (Å²) in [5.41, 5.74) is 3.11. The molecule has 158 valence electrons. The largest absolute Gasteiger partial charge is 0.448 e. The van der Waals surface area contributed by atoms with Gasteiger partial charge in [0.2, 0.25) is 0 Å². The summed E-state index contributed by atoms with van der Waals surface area (Å²) in [6.07, 6.45) is -1.10. The SMILES string of the molecule is CCNC(=O)NC(=O)[C@@H](C)OC(=O)c1cc2c(C)nn(Cc3ccc(C)cc3)c2s1. The highest BCUT2D eigenvalue weighted by Crippen LogP contribution is 2.29. The van der Waals surface area contributed by atoms with E-state index in [1.807, 2.05) is 30.7 Å². The van der Waals surface area contributed by atoms with Gasteiger partial charge in [0.25, 0.3) is 5.91 Å². The summed E-state index contributed by atoms with van der Waals surface area (Å²) in [4.78, 5) is 37.2. The lowest BCUT2D eigenvalue weighted by molar-refractivity contribution is -0.127. The number of thiophene rings is 1. The van der Waals surface area contributed by atoms with Crippen molar-refractivity contribution in [2.45, 2.75) is 40.3 Å². The minimum absolute atomic E-state index is 0.376. The van der Waals surface area contributed by atoms with Crippen molar-refractivity contribution in [1.82, 2.24) is 20.4 Å². The third-order valence-electron chi connectivity index (χ3n) is 4.49. The van der Waals surface area contributed by atoms with Crippen LogP contribution in [0.5, 0.6) is 0 Å². The number of carbonyl (C=O) groups is 3. The Morgan fingerprint density at radius 1 is 1.20 bits per heavy atom. The van der Waals surface area contributed by atoms with E-state index in [2.05, 4.69) is 27.9 Å².